The molecule has 0 aliphatic rings. The molecule has 4 heterocycles. The maximum absolute atomic E-state index is 4.80. The van der Waals surface area contributed by atoms with Gasteiger partial charge in [-0.15, -0.1) is 0 Å². The van der Waals surface area contributed by atoms with Crippen LogP contribution in [0.5, 0.6) is 0 Å². The van der Waals surface area contributed by atoms with Crippen LogP contribution in [0, 0.1) is 0 Å². The molecule has 8 rings (SSSR count). The molecule has 8 aromatic rings. The summed E-state index contributed by atoms with van der Waals surface area (Å²) < 4.78 is 4.76. The maximum atomic E-state index is 4.80. The third-order valence-electron chi connectivity index (χ3n) is 7.95. The fraction of sp³-hybridized carbons (Fsp3) is 0.0556. The van der Waals surface area contributed by atoms with Gasteiger partial charge in [0.1, 0.15) is 0 Å². The summed E-state index contributed by atoms with van der Waals surface area (Å²) in [7, 11) is 0. The lowest BCUT2D eigenvalue weighted by atomic mass is 10.2. The van der Waals surface area contributed by atoms with Gasteiger partial charge in [-0.1, -0.05) is 84.9 Å². The molecule has 0 aliphatic carbocycles. The number of hydrogen-bond donors (Lipinski definition) is 0. The van der Waals surface area contributed by atoms with E-state index in [1.165, 1.54) is 54.7 Å². The molecule has 4 heteroatoms. The molecule has 190 valence electrons. The summed E-state index contributed by atoms with van der Waals surface area (Å²) in [6.07, 6.45) is 3.96. The minimum atomic E-state index is 0.770. The van der Waals surface area contributed by atoms with Crippen molar-refractivity contribution in [3.05, 3.63) is 145 Å². The Bertz CT molecular complexity index is 1890. The predicted octanol–water partition coefficient (Wildman–Crippen LogP) is 8.46. The Morgan fingerprint density at radius 1 is 0.375 bits per heavy atom. The molecule has 0 N–H and O–H groups in total. The van der Waals surface area contributed by atoms with Crippen LogP contribution in [0.2, 0.25) is 0 Å². The van der Waals surface area contributed by atoms with Gasteiger partial charge in [-0.3, -0.25) is 9.97 Å². The van der Waals surface area contributed by atoms with Gasteiger partial charge in [-0.25, -0.2) is 0 Å². The second-order valence-electron chi connectivity index (χ2n) is 10.3. The normalized spacial score (nSPS) is 11.7. The first-order chi connectivity index (χ1) is 19.8. The van der Waals surface area contributed by atoms with Crippen LogP contribution in [-0.2, 0) is 13.1 Å². The van der Waals surface area contributed by atoms with E-state index >= 15 is 0 Å². The van der Waals surface area contributed by atoms with Crippen molar-refractivity contribution in [2.45, 2.75) is 13.1 Å². The molecule has 0 radical (unpaired) electrons. The fourth-order valence-electron chi connectivity index (χ4n) is 6.05. The monoisotopic (exact) mass is 514 g/mol. The molecular weight excluding hydrogens is 488 g/mol. The number of fused-ring (bicyclic) bond motifs is 6. The van der Waals surface area contributed by atoms with E-state index in [4.69, 9.17) is 9.97 Å². The Labute approximate surface area is 231 Å². The van der Waals surface area contributed by atoms with Gasteiger partial charge in [0.15, 0.2) is 0 Å². The minimum Gasteiger partial charge on any atom is -0.336 e. The average Bonchev–Trinajstić information content (AvgIpc) is 3.51. The largest absolute Gasteiger partial charge is 0.336 e. The van der Waals surface area contributed by atoms with E-state index < -0.39 is 0 Å². The second-order valence-corrected chi connectivity index (χ2v) is 10.3. The third kappa shape index (κ3) is 3.69. The Morgan fingerprint density at radius 2 is 0.700 bits per heavy atom. The Hall–Kier alpha value is -5.22. The molecule has 40 heavy (non-hydrogen) atoms. The highest BCUT2D eigenvalue weighted by Crippen LogP contribution is 2.31. The smallest absolute Gasteiger partial charge is 0.0886 e. The highest BCUT2D eigenvalue weighted by molar-refractivity contribution is 6.08. The van der Waals surface area contributed by atoms with E-state index in [-0.39, 0.29) is 0 Å². The number of benzene rings is 4. The highest BCUT2D eigenvalue weighted by atomic mass is 15.0. The summed E-state index contributed by atoms with van der Waals surface area (Å²) in [5, 5.41) is 5.14. The summed E-state index contributed by atoms with van der Waals surface area (Å²) in [6, 6.07) is 42.9. The lowest BCUT2D eigenvalue weighted by Crippen LogP contribution is -2.01. The number of pyridine rings is 2. The fourth-order valence-corrected chi connectivity index (χ4v) is 6.05. The Kier molecular flexibility index (Phi) is 5.23. The van der Waals surface area contributed by atoms with Crippen LogP contribution in [0.25, 0.3) is 55.0 Å². The van der Waals surface area contributed by atoms with Crippen molar-refractivity contribution in [1.29, 1.82) is 0 Å². The molecule has 0 bridgehead atoms. The molecule has 0 aliphatic heterocycles. The van der Waals surface area contributed by atoms with E-state index in [1.54, 1.807) is 0 Å². The molecule has 0 amide bonds. The van der Waals surface area contributed by atoms with Gasteiger partial charge in [0.25, 0.3) is 0 Å². The third-order valence-corrected chi connectivity index (χ3v) is 7.95. The van der Waals surface area contributed by atoms with Gasteiger partial charge in [0.2, 0.25) is 0 Å². The van der Waals surface area contributed by atoms with Crippen molar-refractivity contribution < 1.29 is 0 Å². The van der Waals surface area contributed by atoms with E-state index in [2.05, 4.69) is 130 Å². The summed E-state index contributed by atoms with van der Waals surface area (Å²) in [5.74, 6) is 0. The first-order valence-electron chi connectivity index (χ1n) is 13.7. The molecule has 0 unspecified atom stereocenters. The van der Waals surface area contributed by atoms with Crippen LogP contribution in [0.4, 0.5) is 0 Å². The highest BCUT2D eigenvalue weighted by Gasteiger charge is 2.12. The van der Waals surface area contributed by atoms with Gasteiger partial charge >= 0.3 is 0 Å². The van der Waals surface area contributed by atoms with Crippen molar-refractivity contribution in [3.63, 3.8) is 0 Å². The summed E-state index contributed by atoms with van der Waals surface area (Å²) in [6.45, 7) is 1.54. The number of nitrogens with zero attached hydrogens (tertiary/aromatic N) is 4. The average molecular weight is 515 g/mol. The van der Waals surface area contributed by atoms with E-state index in [9.17, 15) is 0 Å². The molecule has 0 saturated heterocycles. The number of para-hydroxylation sites is 4. The second kappa shape index (κ2) is 9.21. The standard InChI is InChI=1S/C36H26N4/c1-5-13-33-27(9-1)28-10-2-6-14-34(28)39(33)23-25-17-19-31(37-21-25)32-20-18-26(22-38-32)24-40-35-15-7-3-11-29(35)30-12-4-8-16-36(30)40/h1-22H,23-24H2. The molecule has 4 aromatic heterocycles. The lowest BCUT2D eigenvalue weighted by Gasteiger charge is -2.10. The molecule has 0 fully saturated rings. The summed E-state index contributed by atoms with van der Waals surface area (Å²) in [4.78, 5) is 9.59. The van der Waals surface area contributed by atoms with Crippen LogP contribution in [0.1, 0.15) is 11.1 Å². The zero-order valence-corrected chi connectivity index (χ0v) is 21.9. The predicted molar refractivity (Wildman–Crippen MR) is 165 cm³/mol. The first kappa shape index (κ1) is 22.7. The lowest BCUT2D eigenvalue weighted by molar-refractivity contribution is 0.860. The summed E-state index contributed by atoms with van der Waals surface area (Å²) >= 11 is 0. The van der Waals surface area contributed by atoms with E-state index in [1.807, 2.05) is 12.4 Å². The molecule has 0 saturated carbocycles. The molecule has 4 aromatic carbocycles. The number of hydrogen-bond acceptors (Lipinski definition) is 2. The molecular formula is C36H26N4. The van der Waals surface area contributed by atoms with Gasteiger partial charge in [-0.05, 0) is 47.5 Å². The van der Waals surface area contributed by atoms with Crippen molar-refractivity contribution in [3.8, 4) is 11.4 Å². The van der Waals surface area contributed by atoms with Crippen molar-refractivity contribution in [2.75, 3.05) is 0 Å². The summed E-state index contributed by atoms with van der Waals surface area (Å²) in [5.41, 5.74) is 9.07. The van der Waals surface area contributed by atoms with Crippen LogP contribution in [0.15, 0.2) is 134 Å². The van der Waals surface area contributed by atoms with Gasteiger partial charge in [0.05, 0.1) is 11.4 Å². The first-order valence-corrected chi connectivity index (χ1v) is 13.7. The van der Waals surface area contributed by atoms with Crippen LogP contribution in [0.3, 0.4) is 0 Å². The zero-order chi connectivity index (χ0) is 26.5. The van der Waals surface area contributed by atoms with Gasteiger partial charge in [0, 0.05) is 69.1 Å². The van der Waals surface area contributed by atoms with Crippen molar-refractivity contribution in [1.82, 2.24) is 19.1 Å². The molecule has 0 spiro atoms. The number of aromatic nitrogens is 4. The van der Waals surface area contributed by atoms with Crippen LogP contribution < -0.4 is 0 Å². The quantitative estimate of drug-likeness (QED) is 0.231. The molecule has 0 atom stereocenters. The van der Waals surface area contributed by atoms with E-state index in [0.29, 0.717) is 0 Å². The maximum Gasteiger partial charge on any atom is 0.0886 e. The van der Waals surface area contributed by atoms with E-state index in [0.717, 1.165) is 24.5 Å². The SMILES string of the molecule is c1ccc2c(c1)c1ccccc1n2Cc1ccc(-c2ccc(Cn3c4ccccc4c4ccccc43)cn2)nc1. The van der Waals surface area contributed by atoms with Crippen LogP contribution >= 0.6 is 0 Å². The Morgan fingerprint density at radius 3 is 1.00 bits per heavy atom. The van der Waals surface area contributed by atoms with Gasteiger partial charge in [-0.2, -0.15) is 0 Å². The van der Waals surface area contributed by atoms with Gasteiger partial charge < -0.3 is 9.13 Å². The topological polar surface area (TPSA) is 35.6 Å². The number of rotatable bonds is 5. The van der Waals surface area contributed by atoms with Crippen molar-refractivity contribution >= 4 is 43.6 Å². The zero-order valence-electron chi connectivity index (χ0n) is 21.9. The van der Waals surface area contributed by atoms with Crippen LogP contribution in [-0.4, -0.2) is 19.1 Å². The minimum absolute atomic E-state index is 0.770. The van der Waals surface area contributed by atoms with Crippen molar-refractivity contribution in [2.24, 2.45) is 0 Å². The molecule has 4 nitrogen and oxygen atoms in total. The Balaban J connectivity index is 1.07.